The highest BCUT2D eigenvalue weighted by molar-refractivity contribution is 7.89. The number of aromatic nitrogens is 3. The van der Waals surface area contributed by atoms with E-state index in [0.29, 0.717) is 59.0 Å². The van der Waals surface area contributed by atoms with Crippen LogP contribution in [0.1, 0.15) is 66.1 Å². The molecule has 224 valence electrons. The van der Waals surface area contributed by atoms with Crippen molar-refractivity contribution in [1.29, 1.82) is 0 Å². The normalized spacial score (nSPS) is 17.0. The first-order valence-electron chi connectivity index (χ1n) is 14.5. The topological polar surface area (TPSA) is 114 Å². The molecule has 41 heavy (non-hydrogen) atoms. The molecule has 0 spiro atoms. The number of pyridine rings is 2. The van der Waals surface area contributed by atoms with E-state index in [1.807, 2.05) is 25.1 Å². The average molecular weight is 601 g/mol. The number of aromatic amines is 1. The van der Waals surface area contributed by atoms with Gasteiger partial charge < -0.3 is 14.1 Å². The summed E-state index contributed by atoms with van der Waals surface area (Å²) in [6.07, 6.45) is 1.89. The number of carbonyl (C=O) groups is 1. The molecule has 0 aromatic carbocycles. The number of H-pyrrole nitrogens is 1. The molecule has 3 aromatic heterocycles. The first kappa shape index (κ1) is 31.3. The predicted octanol–water partition coefficient (Wildman–Crippen LogP) is 6.00. The Morgan fingerprint density at radius 1 is 1.05 bits per heavy atom. The van der Waals surface area contributed by atoms with E-state index in [2.05, 4.69) is 46.5 Å². The number of amides is 1. The quantitative estimate of drug-likeness (QED) is 0.268. The lowest BCUT2D eigenvalue weighted by atomic mass is 10.1. The van der Waals surface area contributed by atoms with Crippen LogP contribution in [-0.4, -0.2) is 63.1 Å². The maximum Gasteiger partial charge on any atom is 0.254 e. The van der Waals surface area contributed by atoms with E-state index in [9.17, 15) is 13.2 Å². The van der Waals surface area contributed by atoms with Crippen LogP contribution in [0.15, 0.2) is 30.3 Å². The summed E-state index contributed by atoms with van der Waals surface area (Å²) in [5.74, 6) is 0.0654. The minimum absolute atomic E-state index is 0.0310. The number of morpholine rings is 1. The third-order valence-electron chi connectivity index (χ3n) is 8.17. The van der Waals surface area contributed by atoms with Gasteiger partial charge in [-0.2, -0.15) is 0 Å². The van der Waals surface area contributed by atoms with Gasteiger partial charge in [-0.1, -0.05) is 48.5 Å². The summed E-state index contributed by atoms with van der Waals surface area (Å²) >= 11 is 0. The average Bonchev–Trinajstić information content (AvgIpc) is 3.29. The first-order valence-corrected chi connectivity index (χ1v) is 18.7. The van der Waals surface area contributed by atoms with Crippen LogP contribution < -0.4 is 4.90 Å². The summed E-state index contributed by atoms with van der Waals surface area (Å²) in [7, 11) is -5.34. The number of fused-ring (bicyclic) bond motifs is 1. The Bertz CT molecular complexity index is 1480. The van der Waals surface area contributed by atoms with E-state index in [-0.39, 0.29) is 24.3 Å². The van der Waals surface area contributed by atoms with E-state index in [0.717, 1.165) is 16.7 Å². The Labute approximate surface area is 245 Å². The van der Waals surface area contributed by atoms with Gasteiger partial charge in [0.2, 0.25) is 8.32 Å². The van der Waals surface area contributed by atoms with Crippen molar-refractivity contribution in [3.05, 3.63) is 41.6 Å². The molecule has 9 nitrogen and oxygen atoms in total. The molecule has 4 heterocycles. The Hall–Kier alpha value is -2.60. The van der Waals surface area contributed by atoms with Crippen molar-refractivity contribution in [2.75, 3.05) is 24.4 Å². The van der Waals surface area contributed by atoms with Crippen LogP contribution in [0.25, 0.3) is 22.4 Å². The van der Waals surface area contributed by atoms with Crippen molar-refractivity contribution < 1.29 is 22.4 Å². The molecule has 0 radical (unpaired) electrons. The zero-order valence-electron chi connectivity index (χ0n) is 25.5. The van der Waals surface area contributed by atoms with Crippen molar-refractivity contribution >= 4 is 40.9 Å². The molecule has 1 amide bonds. The Morgan fingerprint density at radius 2 is 1.73 bits per heavy atom. The summed E-state index contributed by atoms with van der Waals surface area (Å²) in [6.45, 7) is 16.5. The Kier molecular flexibility index (Phi) is 9.42. The summed E-state index contributed by atoms with van der Waals surface area (Å²) in [5.41, 5.74) is 5.77. The number of rotatable bonds is 11. The molecule has 11 heteroatoms. The third kappa shape index (κ3) is 6.74. The smallest absolute Gasteiger partial charge is 0.254 e. The van der Waals surface area contributed by atoms with Crippen molar-refractivity contribution in [3.63, 3.8) is 0 Å². The van der Waals surface area contributed by atoms with Gasteiger partial charge in [-0.3, -0.25) is 9.69 Å². The van der Waals surface area contributed by atoms with Gasteiger partial charge in [0.1, 0.15) is 12.4 Å². The molecule has 1 saturated heterocycles. The molecule has 1 fully saturated rings. The molecule has 1 aliphatic rings. The van der Waals surface area contributed by atoms with Gasteiger partial charge in [0.15, 0.2) is 9.84 Å². The van der Waals surface area contributed by atoms with E-state index >= 15 is 0 Å². The second-order valence-corrected chi connectivity index (χ2v) is 19.8. The molecular formula is C30H44N4O5SSi. The molecule has 0 bridgehead atoms. The predicted molar refractivity (Wildman–Crippen MR) is 166 cm³/mol. The second-order valence-electron chi connectivity index (χ2n) is 12.2. The van der Waals surface area contributed by atoms with Gasteiger partial charge >= 0.3 is 0 Å². The van der Waals surface area contributed by atoms with E-state index in [1.165, 1.54) is 6.26 Å². The van der Waals surface area contributed by atoms with Crippen LogP contribution in [-0.2, 0) is 36.2 Å². The highest BCUT2D eigenvalue weighted by Crippen LogP contribution is 2.42. The van der Waals surface area contributed by atoms with Crippen LogP contribution in [0, 0.1) is 0 Å². The van der Waals surface area contributed by atoms with Gasteiger partial charge in [0, 0.05) is 11.9 Å². The molecule has 0 saturated carbocycles. The zero-order chi connectivity index (χ0) is 30.1. The van der Waals surface area contributed by atoms with E-state index in [1.54, 1.807) is 17.0 Å². The highest BCUT2D eigenvalue weighted by atomic mass is 32.2. The number of hydrogen-bond donors (Lipinski definition) is 1. The lowest BCUT2D eigenvalue weighted by molar-refractivity contribution is -0.127. The fourth-order valence-corrected chi connectivity index (χ4v) is 12.6. The lowest BCUT2D eigenvalue weighted by Crippen LogP contribution is -2.49. The third-order valence-corrected chi connectivity index (χ3v) is 15.1. The number of nitrogens with zero attached hydrogens (tertiary/aromatic N) is 3. The van der Waals surface area contributed by atoms with Crippen LogP contribution in [0.2, 0.25) is 16.6 Å². The Morgan fingerprint density at radius 3 is 2.34 bits per heavy atom. The molecule has 3 aromatic rings. The number of ether oxygens (including phenoxy) is 1. The zero-order valence-corrected chi connectivity index (χ0v) is 27.3. The number of sulfone groups is 1. The van der Waals surface area contributed by atoms with Gasteiger partial charge in [-0.25, -0.2) is 18.4 Å². The van der Waals surface area contributed by atoms with Gasteiger partial charge in [0.25, 0.3) is 5.91 Å². The fourth-order valence-electron chi connectivity index (χ4n) is 6.44. The van der Waals surface area contributed by atoms with Gasteiger partial charge in [-0.05, 0) is 58.9 Å². The molecule has 4 rings (SSSR count). The van der Waals surface area contributed by atoms with Gasteiger partial charge in [0.05, 0.1) is 47.4 Å². The molecule has 0 unspecified atom stereocenters. The Balaban J connectivity index is 1.71. The molecule has 1 N–H and O–H groups in total. The summed E-state index contributed by atoms with van der Waals surface area (Å²) in [5, 5.41) is 0. The number of hydrogen-bond acceptors (Lipinski definition) is 7. The van der Waals surface area contributed by atoms with E-state index in [4.69, 9.17) is 19.1 Å². The lowest BCUT2D eigenvalue weighted by Gasteiger charge is -2.42. The minimum atomic E-state index is -3.32. The monoisotopic (exact) mass is 600 g/mol. The van der Waals surface area contributed by atoms with Gasteiger partial charge in [-0.15, -0.1) is 0 Å². The van der Waals surface area contributed by atoms with Crippen LogP contribution in [0.3, 0.4) is 0 Å². The second kappa shape index (κ2) is 12.3. The van der Waals surface area contributed by atoms with Crippen molar-refractivity contribution in [3.8, 4) is 11.4 Å². The fraction of sp³-hybridized carbons (Fsp3) is 0.567. The minimum Gasteiger partial charge on any atom is -0.410 e. The molecule has 1 atom stereocenters. The summed E-state index contributed by atoms with van der Waals surface area (Å²) in [4.78, 5) is 27.6. The first-order chi connectivity index (χ1) is 19.2. The van der Waals surface area contributed by atoms with Crippen molar-refractivity contribution in [2.45, 2.75) is 89.9 Å². The number of carbonyl (C=O) groups excluding carboxylic acids is 1. The van der Waals surface area contributed by atoms with Crippen LogP contribution in [0.5, 0.6) is 0 Å². The standard InChI is InChI=1S/C30H44N4O5SSi/c1-9-24-16-38-17-30(35)34(24)29-13-22(18-40(8,36)37)12-27(33-29)26-11-10-25-28(32-26)14-23(31-25)15-39-41(19(2)3,20(4)5)21(6)7/h10-14,19-21,24,31H,9,15-18H2,1-8H3/t24-/m0/s1. The van der Waals surface area contributed by atoms with Crippen molar-refractivity contribution in [2.24, 2.45) is 0 Å². The highest BCUT2D eigenvalue weighted by Gasteiger charge is 2.45. The van der Waals surface area contributed by atoms with Crippen LogP contribution in [0.4, 0.5) is 5.82 Å². The molecule has 0 aliphatic carbocycles. The SMILES string of the molecule is CC[C@H]1COCC(=O)N1c1cc(CS(C)(=O)=O)cc(-c2ccc3[nH]c(CO[Si](C(C)C)(C(C)C)C(C)C)cc3n2)n1. The summed E-state index contributed by atoms with van der Waals surface area (Å²) < 4.78 is 36.7. The van der Waals surface area contributed by atoms with Crippen LogP contribution >= 0.6 is 0 Å². The van der Waals surface area contributed by atoms with E-state index < -0.39 is 18.2 Å². The maximum atomic E-state index is 12.9. The van der Waals surface area contributed by atoms with Crippen molar-refractivity contribution in [1.82, 2.24) is 15.0 Å². The number of anilines is 1. The largest absolute Gasteiger partial charge is 0.410 e. The molecule has 1 aliphatic heterocycles. The summed E-state index contributed by atoms with van der Waals surface area (Å²) in [6, 6.07) is 9.10. The maximum absolute atomic E-state index is 12.9. The molecular weight excluding hydrogens is 557 g/mol. The number of nitrogens with one attached hydrogen (secondary N) is 1.